The van der Waals surface area contributed by atoms with Gasteiger partial charge in [-0.25, -0.2) is 13.4 Å². The molecule has 0 unspecified atom stereocenters. The Kier molecular flexibility index (Phi) is 5.18. The lowest BCUT2D eigenvalue weighted by Crippen LogP contribution is -2.40. The van der Waals surface area contributed by atoms with Crippen molar-refractivity contribution < 1.29 is 8.42 Å². The van der Waals surface area contributed by atoms with Crippen LogP contribution in [0.3, 0.4) is 0 Å². The Bertz CT molecular complexity index is 1190. The first-order chi connectivity index (χ1) is 14.0. The van der Waals surface area contributed by atoms with Crippen molar-refractivity contribution in [3.05, 3.63) is 59.5 Å². The Morgan fingerprint density at radius 1 is 1.03 bits per heavy atom. The monoisotopic (exact) mass is 425 g/mol. The normalized spacial score (nSPS) is 15.7. The number of halogens is 1. The molecule has 4 rings (SSSR count). The fourth-order valence-electron chi connectivity index (χ4n) is 3.14. The van der Waals surface area contributed by atoms with Gasteiger partial charge in [-0.05, 0) is 18.2 Å². The van der Waals surface area contributed by atoms with Crippen molar-refractivity contribution >= 4 is 27.3 Å². The number of rotatable bonds is 3. The van der Waals surface area contributed by atoms with Crippen molar-refractivity contribution in [3.63, 3.8) is 0 Å². The molecule has 0 saturated carbocycles. The van der Waals surface area contributed by atoms with Gasteiger partial charge in [0.25, 0.3) is 0 Å². The Balaban J connectivity index is 1.81. The van der Waals surface area contributed by atoms with Crippen LogP contribution < -0.4 is 4.90 Å². The van der Waals surface area contributed by atoms with Gasteiger partial charge in [-0.2, -0.15) is 5.26 Å². The number of hydrogen-bond acceptors (Lipinski definition) is 7. The Hall–Kier alpha value is -3.02. The summed E-state index contributed by atoms with van der Waals surface area (Å²) in [4.78, 5) is 15.3. The van der Waals surface area contributed by atoms with Gasteiger partial charge in [0.2, 0.25) is 0 Å². The van der Waals surface area contributed by atoms with Crippen LogP contribution in [0.5, 0.6) is 0 Å². The minimum atomic E-state index is -3.00. The molecule has 0 spiro atoms. The molecular weight excluding hydrogens is 410 g/mol. The minimum Gasteiger partial charge on any atom is -0.353 e. The zero-order chi connectivity index (χ0) is 20.4. The quantitative estimate of drug-likeness (QED) is 0.635. The zero-order valence-electron chi connectivity index (χ0n) is 15.3. The van der Waals surface area contributed by atoms with Crippen LogP contribution in [0.4, 0.5) is 5.82 Å². The van der Waals surface area contributed by atoms with Crippen LogP contribution in [0.2, 0.25) is 5.02 Å². The second-order valence-corrected chi connectivity index (χ2v) is 9.32. The van der Waals surface area contributed by atoms with E-state index in [2.05, 4.69) is 16.0 Å². The van der Waals surface area contributed by atoms with Crippen molar-refractivity contribution in [2.75, 3.05) is 29.5 Å². The summed E-state index contributed by atoms with van der Waals surface area (Å²) in [7, 11) is -3.00. The van der Waals surface area contributed by atoms with E-state index in [0.717, 1.165) is 5.56 Å². The molecule has 1 fully saturated rings. The van der Waals surface area contributed by atoms with Crippen LogP contribution in [0.25, 0.3) is 22.5 Å². The number of sulfone groups is 1. The summed E-state index contributed by atoms with van der Waals surface area (Å²) < 4.78 is 23.5. The van der Waals surface area contributed by atoms with Crippen molar-refractivity contribution in [3.8, 4) is 28.6 Å². The molecule has 146 valence electrons. The predicted octanol–water partition coefficient (Wildman–Crippen LogP) is 2.97. The fourth-order valence-corrected chi connectivity index (χ4v) is 4.55. The summed E-state index contributed by atoms with van der Waals surface area (Å²) in [5.74, 6) is 0.787. The molecule has 0 aliphatic carbocycles. The van der Waals surface area contributed by atoms with Gasteiger partial charge in [0.1, 0.15) is 11.5 Å². The molecule has 2 aromatic heterocycles. The Labute approximate surface area is 173 Å². The number of nitriles is 1. The summed E-state index contributed by atoms with van der Waals surface area (Å²) in [6.45, 7) is 0.744. The summed E-state index contributed by atoms with van der Waals surface area (Å²) in [5, 5.41) is 9.47. The smallest absolute Gasteiger partial charge is 0.153 e. The van der Waals surface area contributed by atoms with Crippen molar-refractivity contribution in [1.82, 2.24) is 15.0 Å². The molecule has 1 saturated heterocycles. The molecule has 0 atom stereocenters. The molecule has 1 aromatic carbocycles. The lowest BCUT2D eigenvalue weighted by molar-refractivity contribution is 0.586. The van der Waals surface area contributed by atoms with E-state index in [1.807, 2.05) is 17.0 Å². The van der Waals surface area contributed by atoms with Gasteiger partial charge in [0.15, 0.2) is 9.84 Å². The topological polar surface area (TPSA) is 99.8 Å². The van der Waals surface area contributed by atoms with Crippen LogP contribution in [0.15, 0.2) is 48.9 Å². The van der Waals surface area contributed by atoms with Crippen LogP contribution in [-0.2, 0) is 9.84 Å². The van der Waals surface area contributed by atoms with E-state index >= 15 is 0 Å². The van der Waals surface area contributed by atoms with Crippen LogP contribution in [-0.4, -0.2) is 48.0 Å². The second-order valence-electron chi connectivity index (χ2n) is 6.61. The molecule has 3 heterocycles. The highest BCUT2D eigenvalue weighted by Gasteiger charge is 2.24. The van der Waals surface area contributed by atoms with E-state index in [1.54, 1.807) is 36.8 Å². The van der Waals surface area contributed by atoms with E-state index in [1.165, 1.54) is 0 Å². The van der Waals surface area contributed by atoms with Crippen molar-refractivity contribution in [2.24, 2.45) is 0 Å². The average Bonchev–Trinajstić information content (AvgIpc) is 2.74. The highest BCUT2D eigenvalue weighted by atomic mass is 35.5. The highest BCUT2D eigenvalue weighted by molar-refractivity contribution is 7.91. The third-order valence-electron chi connectivity index (χ3n) is 4.74. The number of benzene rings is 1. The van der Waals surface area contributed by atoms with Crippen LogP contribution in [0.1, 0.15) is 5.56 Å². The van der Waals surface area contributed by atoms with Crippen molar-refractivity contribution in [1.29, 1.82) is 5.26 Å². The number of nitrogens with zero attached hydrogens (tertiary/aromatic N) is 5. The number of anilines is 1. The van der Waals surface area contributed by atoms with E-state index in [9.17, 15) is 8.42 Å². The molecule has 9 heteroatoms. The average molecular weight is 426 g/mol. The molecule has 0 N–H and O–H groups in total. The van der Waals surface area contributed by atoms with E-state index in [4.69, 9.17) is 21.8 Å². The van der Waals surface area contributed by atoms with Crippen molar-refractivity contribution in [2.45, 2.75) is 0 Å². The highest BCUT2D eigenvalue weighted by Crippen LogP contribution is 2.34. The predicted molar refractivity (Wildman–Crippen MR) is 111 cm³/mol. The van der Waals surface area contributed by atoms with Gasteiger partial charge in [0.05, 0.1) is 40.1 Å². The maximum Gasteiger partial charge on any atom is 0.153 e. The molecule has 7 nitrogen and oxygen atoms in total. The largest absolute Gasteiger partial charge is 0.353 e. The van der Waals surface area contributed by atoms with Crippen LogP contribution in [0, 0.1) is 11.3 Å². The minimum absolute atomic E-state index is 0.0946. The van der Waals surface area contributed by atoms with Gasteiger partial charge in [-0.15, -0.1) is 0 Å². The molecule has 0 bridgehead atoms. The van der Waals surface area contributed by atoms with E-state index in [-0.39, 0.29) is 11.5 Å². The fraction of sp³-hybridized carbons (Fsp3) is 0.200. The van der Waals surface area contributed by atoms with Gasteiger partial charge in [0, 0.05) is 36.6 Å². The zero-order valence-corrected chi connectivity index (χ0v) is 16.9. The van der Waals surface area contributed by atoms with E-state index < -0.39 is 9.84 Å². The molecule has 0 amide bonds. The third kappa shape index (κ3) is 4.06. The van der Waals surface area contributed by atoms with Crippen LogP contribution >= 0.6 is 11.6 Å². The lowest BCUT2D eigenvalue weighted by Gasteiger charge is -2.28. The molecule has 3 aromatic rings. The van der Waals surface area contributed by atoms with E-state index in [0.29, 0.717) is 46.4 Å². The van der Waals surface area contributed by atoms with Gasteiger partial charge >= 0.3 is 0 Å². The SMILES string of the molecule is N#Cc1ccc(-c2ncc(N3CCS(=O)(=O)CC3)nc2-c2ccncc2Cl)cc1. The molecule has 1 aliphatic rings. The molecule has 29 heavy (non-hydrogen) atoms. The van der Waals surface area contributed by atoms with Gasteiger partial charge in [-0.1, -0.05) is 23.7 Å². The Morgan fingerprint density at radius 3 is 2.41 bits per heavy atom. The molecule has 0 radical (unpaired) electrons. The molecular formula is C20H16ClN5O2S. The summed E-state index contributed by atoms with van der Waals surface area (Å²) in [5.41, 5.74) is 3.23. The molecule has 1 aliphatic heterocycles. The first-order valence-corrected chi connectivity index (χ1v) is 11.1. The number of pyridine rings is 1. The number of hydrogen-bond donors (Lipinski definition) is 0. The third-order valence-corrected chi connectivity index (χ3v) is 6.65. The lowest BCUT2D eigenvalue weighted by atomic mass is 10.0. The number of aromatic nitrogens is 3. The standard InChI is InChI=1S/C20H16ClN5O2S/c21-17-12-23-6-5-16(17)20-19(15-3-1-14(11-22)2-4-15)24-13-18(25-20)26-7-9-29(27,28)10-8-26/h1-6,12-13H,7-10H2. The maximum absolute atomic E-state index is 11.7. The first-order valence-electron chi connectivity index (χ1n) is 8.90. The van der Waals surface area contributed by atoms with Gasteiger partial charge < -0.3 is 4.90 Å². The summed E-state index contributed by atoms with van der Waals surface area (Å²) in [6.07, 6.45) is 4.82. The Morgan fingerprint density at radius 2 is 1.76 bits per heavy atom. The second kappa shape index (κ2) is 7.78. The maximum atomic E-state index is 11.7. The summed E-state index contributed by atoms with van der Waals surface area (Å²) >= 11 is 6.38. The summed E-state index contributed by atoms with van der Waals surface area (Å²) in [6, 6.07) is 10.9. The van der Waals surface area contributed by atoms with Gasteiger partial charge in [-0.3, -0.25) is 9.97 Å². The first kappa shape index (κ1) is 19.3.